The van der Waals surface area contributed by atoms with Crippen molar-refractivity contribution >= 4 is 11.2 Å². The molecular formula is C16H24N4O2. The van der Waals surface area contributed by atoms with Crippen molar-refractivity contribution in [2.24, 2.45) is 11.8 Å². The lowest BCUT2D eigenvalue weighted by molar-refractivity contribution is -0.0120. The topological polar surface area (TPSA) is 62.1 Å². The van der Waals surface area contributed by atoms with Crippen LogP contribution in [0.15, 0.2) is 12.7 Å². The molecule has 0 saturated carbocycles. The van der Waals surface area contributed by atoms with Gasteiger partial charge in [-0.3, -0.25) is 4.57 Å². The Morgan fingerprint density at radius 2 is 2.00 bits per heavy atom. The number of fused-ring (bicyclic) bond motifs is 1. The molecule has 22 heavy (non-hydrogen) atoms. The molecule has 0 amide bonds. The van der Waals surface area contributed by atoms with Crippen LogP contribution in [0.5, 0.6) is 5.88 Å². The molecule has 0 spiro atoms. The standard InChI is InChI=1S/C16H24N4O2/c1-6-12-10(4)11(5)16(22-12)20-8-19-13-14(20)17-7-18-15(13)21-9(2)3/h7-12,16H,6H2,1-5H3/t10?,11-,12+,16+/m0/s1. The lowest BCUT2D eigenvalue weighted by Gasteiger charge is -2.18. The molecule has 4 atom stereocenters. The van der Waals surface area contributed by atoms with Crippen molar-refractivity contribution in [2.45, 2.75) is 59.5 Å². The van der Waals surface area contributed by atoms with Gasteiger partial charge in [0, 0.05) is 5.92 Å². The highest BCUT2D eigenvalue weighted by atomic mass is 16.5. The second kappa shape index (κ2) is 5.83. The lowest BCUT2D eigenvalue weighted by Crippen LogP contribution is -2.15. The van der Waals surface area contributed by atoms with Gasteiger partial charge in [0.2, 0.25) is 5.88 Å². The fourth-order valence-corrected chi connectivity index (χ4v) is 3.14. The molecule has 1 aliphatic rings. The van der Waals surface area contributed by atoms with Gasteiger partial charge in [-0.05, 0) is 26.2 Å². The molecule has 1 unspecified atom stereocenters. The van der Waals surface area contributed by atoms with Gasteiger partial charge in [0.1, 0.15) is 12.6 Å². The Morgan fingerprint density at radius 3 is 2.64 bits per heavy atom. The van der Waals surface area contributed by atoms with Crippen LogP contribution in [0.4, 0.5) is 0 Å². The predicted molar refractivity (Wildman–Crippen MR) is 83.6 cm³/mol. The molecule has 0 N–H and O–H groups in total. The molecule has 0 bridgehead atoms. The molecular weight excluding hydrogens is 280 g/mol. The molecule has 6 heteroatoms. The van der Waals surface area contributed by atoms with Gasteiger partial charge in [0.05, 0.1) is 18.5 Å². The van der Waals surface area contributed by atoms with E-state index in [-0.39, 0.29) is 18.4 Å². The maximum atomic E-state index is 6.23. The monoisotopic (exact) mass is 304 g/mol. The fourth-order valence-electron chi connectivity index (χ4n) is 3.14. The van der Waals surface area contributed by atoms with E-state index in [2.05, 4.69) is 35.7 Å². The molecule has 2 aromatic rings. The summed E-state index contributed by atoms with van der Waals surface area (Å²) in [5.74, 6) is 1.46. The van der Waals surface area contributed by atoms with Crippen molar-refractivity contribution < 1.29 is 9.47 Å². The van der Waals surface area contributed by atoms with Gasteiger partial charge in [0.15, 0.2) is 11.2 Å². The second-order valence-electron chi connectivity index (χ2n) is 6.36. The summed E-state index contributed by atoms with van der Waals surface area (Å²) in [6, 6.07) is 0. The molecule has 1 saturated heterocycles. The number of imidazole rings is 1. The minimum Gasteiger partial charge on any atom is -0.473 e. The Balaban J connectivity index is 1.99. The van der Waals surface area contributed by atoms with E-state index in [1.165, 1.54) is 6.33 Å². The molecule has 1 fully saturated rings. The van der Waals surface area contributed by atoms with Crippen molar-refractivity contribution in [1.82, 2.24) is 19.5 Å². The Labute approximate surface area is 130 Å². The van der Waals surface area contributed by atoms with Crippen molar-refractivity contribution in [3.63, 3.8) is 0 Å². The summed E-state index contributed by atoms with van der Waals surface area (Å²) in [7, 11) is 0. The van der Waals surface area contributed by atoms with E-state index >= 15 is 0 Å². The second-order valence-corrected chi connectivity index (χ2v) is 6.36. The summed E-state index contributed by atoms with van der Waals surface area (Å²) >= 11 is 0. The van der Waals surface area contributed by atoms with Gasteiger partial charge < -0.3 is 9.47 Å². The van der Waals surface area contributed by atoms with Gasteiger partial charge >= 0.3 is 0 Å². The Bertz CT molecular complexity index is 655. The fraction of sp³-hybridized carbons (Fsp3) is 0.688. The number of hydrogen-bond donors (Lipinski definition) is 0. The summed E-state index contributed by atoms with van der Waals surface area (Å²) in [6.45, 7) is 10.6. The normalized spacial score (nSPS) is 28.6. The van der Waals surface area contributed by atoms with Gasteiger partial charge in [-0.15, -0.1) is 0 Å². The van der Waals surface area contributed by atoms with Crippen LogP contribution < -0.4 is 4.74 Å². The first-order valence-electron chi connectivity index (χ1n) is 8.02. The largest absolute Gasteiger partial charge is 0.473 e. The molecule has 6 nitrogen and oxygen atoms in total. The number of ether oxygens (including phenoxy) is 2. The Hall–Kier alpha value is -1.69. The van der Waals surface area contributed by atoms with E-state index in [9.17, 15) is 0 Å². The van der Waals surface area contributed by atoms with Crippen molar-refractivity contribution in [2.75, 3.05) is 0 Å². The molecule has 120 valence electrons. The molecule has 1 aliphatic heterocycles. The van der Waals surface area contributed by atoms with Gasteiger partial charge in [-0.2, -0.15) is 4.98 Å². The van der Waals surface area contributed by atoms with Crippen molar-refractivity contribution in [3.05, 3.63) is 12.7 Å². The summed E-state index contributed by atoms with van der Waals surface area (Å²) in [5, 5.41) is 0. The van der Waals surface area contributed by atoms with Crippen LogP contribution in [0.25, 0.3) is 11.2 Å². The predicted octanol–water partition coefficient (Wildman–Crippen LogP) is 3.19. The number of aromatic nitrogens is 4. The minimum absolute atomic E-state index is 0.0354. The zero-order chi connectivity index (χ0) is 15.9. The van der Waals surface area contributed by atoms with Crippen LogP contribution in [-0.4, -0.2) is 31.7 Å². The number of hydrogen-bond acceptors (Lipinski definition) is 5. The molecule has 0 radical (unpaired) electrons. The summed E-state index contributed by atoms with van der Waals surface area (Å²) in [4.78, 5) is 13.1. The molecule has 3 heterocycles. The van der Waals surface area contributed by atoms with E-state index in [0.717, 1.165) is 12.1 Å². The third kappa shape index (κ3) is 2.45. The third-order valence-electron chi connectivity index (χ3n) is 4.53. The van der Waals surface area contributed by atoms with E-state index in [4.69, 9.17) is 9.47 Å². The van der Waals surface area contributed by atoms with Crippen LogP contribution in [0.3, 0.4) is 0 Å². The SMILES string of the molecule is CC[C@H]1O[C@@H](n2cnc3c(OC(C)C)ncnc32)[C@@H](C)C1C. The van der Waals surface area contributed by atoms with Crippen LogP contribution in [0, 0.1) is 11.8 Å². The highest BCUT2D eigenvalue weighted by molar-refractivity contribution is 5.76. The smallest absolute Gasteiger partial charge is 0.245 e. The Kier molecular flexibility index (Phi) is 4.04. The zero-order valence-corrected chi connectivity index (χ0v) is 13.9. The molecule has 0 aromatic carbocycles. The van der Waals surface area contributed by atoms with Crippen LogP contribution in [-0.2, 0) is 4.74 Å². The first-order chi connectivity index (χ1) is 10.5. The summed E-state index contributed by atoms with van der Waals surface area (Å²) in [6.07, 6.45) is 4.63. The molecule has 0 aliphatic carbocycles. The van der Waals surface area contributed by atoms with E-state index < -0.39 is 0 Å². The average Bonchev–Trinajstić information content (AvgIpc) is 3.02. The maximum Gasteiger partial charge on any atom is 0.245 e. The molecule has 3 rings (SSSR count). The Morgan fingerprint density at radius 1 is 1.23 bits per heavy atom. The highest BCUT2D eigenvalue weighted by Gasteiger charge is 2.39. The maximum absolute atomic E-state index is 6.23. The highest BCUT2D eigenvalue weighted by Crippen LogP contribution is 2.41. The molecule has 2 aromatic heterocycles. The third-order valence-corrected chi connectivity index (χ3v) is 4.53. The van der Waals surface area contributed by atoms with E-state index in [1.54, 1.807) is 6.33 Å². The zero-order valence-electron chi connectivity index (χ0n) is 13.9. The number of nitrogens with zero attached hydrogens (tertiary/aromatic N) is 4. The van der Waals surface area contributed by atoms with Crippen molar-refractivity contribution in [1.29, 1.82) is 0 Å². The first kappa shape index (κ1) is 15.2. The first-order valence-corrected chi connectivity index (χ1v) is 8.02. The summed E-state index contributed by atoms with van der Waals surface area (Å²) < 4.78 is 14.0. The van der Waals surface area contributed by atoms with Crippen LogP contribution >= 0.6 is 0 Å². The average molecular weight is 304 g/mol. The lowest BCUT2D eigenvalue weighted by atomic mass is 9.91. The number of rotatable bonds is 4. The summed E-state index contributed by atoms with van der Waals surface area (Å²) in [5.41, 5.74) is 1.46. The van der Waals surface area contributed by atoms with Gasteiger partial charge in [0.25, 0.3) is 0 Å². The van der Waals surface area contributed by atoms with Crippen LogP contribution in [0.2, 0.25) is 0 Å². The quantitative estimate of drug-likeness (QED) is 0.868. The van der Waals surface area contributed by atoms with E-state index in [1.807, 2.05) is 18.4 Å². The van der Waals surface area contributed by atoms with Crippen LogP contribution in [0.1, 0.15) is 47.3 Å². The minimum atomic E-state index is -0.0354. The van der Waals surface area contributed by atoms with E-state index in [0.29, 0.717) is 23.2 Å². The van der Waals surface area contributed by atoms with Crippen molar-refractivity contribution in [3.8, 4) is 5.88 Å². The van der Waals surface area contributed by atoms with Gasteiger partial charge in [-0.1, -0.05) is 20.8 Å². The van der Waals surface area contributed by atoms with Gasteiger partial charge in [-0.25, -0.2) is 9.97 Å².